The third kappa shape index (κ3) is 3.53. The molecule has 0 bridgehead atoms. The molecule has 1 saturated carbocycles. The van der Waals surface area contributed by atoms with Crippen LogP contribution >= 0.6 is 0 Å². The number of rotatable bonds is 6. The van der Waals surface area contributed by atoms with Gasteiger partial charge in [0.2, 0.25) is 5.91 Å². The van der Waals surface area contributed by atoms with Gasteiger partial charge >= 0.3 is 0 Å². The highest BCUT2D eigenvalue weighted by molar-refractivity contribution is 5.80. The van der Waals surface area contributed by atoms with Crippen LogP contribution < -0.4 is 15.4 Å². The predicted octanol–water partition coefficient (Wildman–Crippen LogP) is 2.01. The van der Waals surface area contributed by atoms with Gasteiger partial charge in [-0.25, -0.2) is 4.39 Å². The van der Waals surface area contributed by atoms with Crippen LogP contribution in [0.15, 0.2) is 18.2 Å². The summed E-state index contributed by atoms with van der Waals surface area (Å²) in [5.41, 5.74) is 0.756. The van der Waals surface area contributed by atoms with Crippen molar-refractivity contribution in [1.29, 1.82) is 0 Å². The van der Waals surface area contributed by atoms with Crippen molar-refractivity contribution >= 4 is 5.91 Å². The first-order valence-electron chi connectivity index (χ1n) is 7.57. The van der Waals surface area contributed by atoms with E-state index in [4.69, 9.17) is 4.74 Å². The van der Waals surface area contributed by atoms with Crippen LogP contribution in [0.3, 0.4) is 0 Å². The Morgan fingerprint density at radius 3 is 2.81 bits per heavy atom. The van der Waals surface area contributed by atoms with Crippen molar-refractivity contribution in [3.8, 4) is 5.75 Å². The zero-order valence-corrected chi connectivity index (χ0v) is 12.2. The highest BCUT2D eigenvalue weighted by Gasteiger charge is 2.26. The molecule has 5 heteroatoms. The van der Waals surface area contributed by atoms with E-state index in [1.165, 1.54) is 18.9 Å². The molecule has 1 aromatic rings. The Bertz CT molecular complexity index is 527. The molecule has 2 aliphatic rings. The zero-order chi connectivity index (χ0) is 14.8. The van der Waals surface area contributed by atoms with E-state index >= 15 is 0 Å². The molecular weight excluding hydrogens is 271 g/mol. The molecule has 2 N–H and O–H groups in total. The van der Waals surface area contributed by atoms with Crippen LogP contribution in [0.4, 0.5) is 4.39 Å². The monoisotopic (exact) mass is 292 g/mol. The van der Waals surface area contributed by atoms with Crippen molar-refractivity contribution in [2.45, 2.75) is 25.8 Å². The summed E-state index contributed by atoms with van der Waals surface area (Å²) in [4.78, 5) is 11.9. The van der Waals surface area contributed by atoms with Crippen LogP contribution in [0.5, 0.6) is 5.75 Å². The molecule has 1 atom stereocenters. The molecule has 1 saturated heterocycles. The van der Waals surface area contributed by atoms with Crippen LogP contribution in [0.1, 0.15) is 31.4 Å². The van der Waals surface area contributed by atoms with E-state index < -0.39 is 0 Å². The standard InChI is InChI=1S/C16H21FN2O2/c1-10(19-16(20)13-7-18-8-13)12-4-5-15(14(17)6-12)21-9-11-2-3-11/h4-6,10-11,13,18H,2-3,7-9H2,1H3,(H,19,20). The normalized spacial score (nSPS) is 19.7. The van der Waals surface area contributed by atoms with Gasteiger partial charge < -0.3 is 15.4 Å². The maximum Gasteiger partial charge on any atom is 0.226 e. The van der Waals surface area contributed by atoms with Crippen molar-refractivity contribution < 1.29 is 13.9 Å². The highest BCUT2D eigenvalue weighted by Crippen LogP contribution is 2.30. The van der Waals surface area contributed by atoms with Crippen molar-refractivity contribution in [3.05, 3.63) is 29.6 Å². The number of hydrogen-bond donors (Lipinski definition) is 2. The van der Waals surface area contributed by atoms with Crippen LogP contribution in [0, 0.1) is 17.7 Å². The van der Waals surface area contributed by atoms with Gasteiger partial charge in [-0.2, -0.15) is 0 Å². The molecule has 1 amide bonds. The summed E-state index contributed by atoms with van der Waals surface area (Å²) >= 11 is 0. The zero-order valence-electron chi connectivity index (χ0n) is 12.2. The van der Waals surface area contributed by atoms with Crippen molar-refractivity contribution in [2.75, 3.05) is 19.7 Å². The minimum absolute atomic E-state index is 0.0238. The summed E-state index contributed by atoms with van der Waals surface area (Å²) < 4.78 is 19.5. The molecule has 1 heterocycles. The molecule has 1 unspecified atom stereocenters. The molecule has 1 aliphatic heterocycles. The van der Waals surface area contributed by atoms with E-state index in [0.29, 0.717) is 18.3 Å². The number of ether oxygens (including phenoxy) is 1. The summed E-state index contributed by atoms with van der Waals surface area (Å²) in [6.07, 6.45) is 2.36. The molecule has 21 heavy (non-hydrogen) atoms. The lowest BCUT2D eigenvalue weighted by molar-refractivity contribution is -0.127. The average Bonchev–Trinajstić information content (AvgIpc) is 3.19. The van der Waals surface area contributed by atoms with Gasteiger partial charge in [0.15, 0.2) is 11.6 Å². The van der Waals surface area contributed by atoms with E-state index in [1.54, 1.807) is 6.07 Å². The molecule has 1 aromatic carbocycles. The quantitative estimate of drug-likeness (QED) is 0.843. The number of carbonyl (C=O) groups is 1. The summed E-state index contributed by atoms with van der Waals surface area (Å²) in [6.45, 7) is 3.91. The molecule has 3 rings (SSSR count). The fraction of sp³-hybridized carbons (Fsp3) is 0.562. The minimum Gasteiger partial charge on any atom is -0.490 e. The van der Waals surface area contributed by atoms with Crippen LogP contribution in [-0.4, -0.2) is 25.6 Å². The average molecular weight is 292 g/mol. The molecular formula is C16H21FN2O2. The Morgan fingerprint density at radius 2 is 2.24 bits per heavy atom. The van der Waals surface area contributed by atoms with Crippen molar-refractivity contribution in [1.82, 2.24) is 10.6 Å². The van der Waals surface area contributed by atoms with Gasteiger partial charge in [-0.15, -0.1) is 0 Å². The van der Waals surface area contributed by atoms with E-state index in [1.807, 2.05) is 13.0 Å². The Labute approximate surface area is 124 Å². The van der Waals surface area contributed by atoms with Crippen molar-refractivity contribution in [2.24, 2.45) is 11.8 Å². The summed E-state index contributed by atoms with van der Waals surface area (Å²) in [5, 5.41) is 5.98. The Hall–Kier alpha value is -1.62. The SMILES string of the molecule is CC(NC(=O)C1CNC1)c1ccc(OCC2CC2)c(F)c1. The summed E-state index contributed by atoms with van der Waals surface area (Å²) in [5.74, 6) is 0.597. The van der Waals surface area contributed by atoms with Crippen LogP contribution in [0.2, 0.25) is 0 Å². The summed E-state index contributed by atoms with van der Waals surface area (Å²) in [7, 11) is 0. The number of benzene rings is 1. The molecule has 0 radical (unpaired) electrons. The number of carbonyl (C=O) groups excluding carboxylic acids is 1. The molecule has 2 fully saturated rings. The number of amides is 1. The van der Waals surface area contributed by atoms with Crippen LogP contribution in [-0.2, 0) is 4.79 Å². The molecule has 0 spiro atoms. The summed E-state index contributed by atoms with van der Waals surface area (Å²) in [6, 6.07) is 4.72. The fourth-order valence-electron chi connectivity index (χ4n) is 2.28. The largest absolute Gasteiger partial charge is 0.490 e. The lowest BCUT2D eigenvalue weighted by atomic mass is 10.0. The van der Waals surface area contributed by atoms with Gasteiger partial charge in [0, 0.05) is 13.1 Å². The fourth-order valence-corrected chi connectivity index (χ4v) is 2.28. The Morgan fingerprint density at radius 1 is 1.48 bits per heavy atom. The van der Waals surface area contributed by atoms with Gasteiger partial charge in [0.05, 0.1) is 18.6 Å². The Kier molecular flexibility index (Phi) is 4.10. The van der Waals surface area contributed by atoms with Gasteiger partial charge in [0.1, 0.15) is 0 Å². The first kappa shape index (κ1) is 14.3. The number of nitrogens with one attached hydrogen (secondary N) is 2. The van der Waals surface area contributed by atoms with E-state index in [0.717, 1.165) is 18.7 Å². The van der Waals surface area contributed by atoms with E-state index in [2.05, 4.69) is 10.6 Å². The number of halogens is 1. The van der Waals surface area contributed by atoms with Gasteiger partial charge in [-0.05, 0) is 43.4 Å². The Balaban J connectivity index is 1.58. The smallest absolute Gasteiger partial charge is 0.226 e. The van der Waals surface area contributed by atoms with Crippen LogP contribution in [0.25, 0.3) is 0 Å². The van der Waals surface area contributed by atoms with Gasteiger partial charge in [0.25, 0.3) is 0 Å². The topological polar surface area (TPSA) is 50.4 Å². The van der Waals surface area contributed by atoms with E-state index in [-0.39, 0.29) is 23.7 Å². The molecule has 114 valence electrons. The predicted molar refractivity (Wildman–Crippen MR) is 77.5 cm³/mol. The van der Waals surface area contributed by atoms with E-state index in [9.17, 15) is 9.18 Å². The molecule has 1 aliphatic carbocycles. The van der Waals surface area contributed by atoms with Gasteiger partial charge in [-0.3, -0.25) is 4.79 Å². The molecule has 0 aromatic heterocycles. The second kappa shape index (κ2) is 6.02. The van der Waals surface area contributed by atoms with Gasteiger partial charge in [-0.1, -0.05) is 6.07 Å². The number of hydrogen-bond acceptors (Lipinski definition) is 3. The first-order valence-corrected chi connectivity index (χ1v) is 7.57. The third-order valence-corrected chi connectivity index (χ3v) is 4.14. The van der Waals surface area contributed by atoms with Crippen molar-refractivity contribution in [3.63, 3.8) is 0 Å². The second-order valence-corrected chi connectivity index (χ2v) is 6.03. The highest BCUT2D eigenvalue weighted by atomic mass is 19.1. The second-order valence-electron chi connectivity index (χ2n) is 6.03. The minimum atomic E-state index is -0.362. The first-order chi connectivity index (χ1) is 10.1. The molecule has 4 nitrogen and oxygen atoms in total. The lowest BCUT2D eigenvalue weighted by Gasteiger charge is -2.27. The lowest BCUT2D eigenvalue weighted by Crippen LogP contribution is -2.51. The maximum absolute atomic E-state index is 14.0. The maximum atomic E-state index is 14.0. The third-order valence-electron chi connectivity index (χ3n) is 4.14.